The summed E-state index contributed by atoms with van der Waals surface area (Å²) < 4.78 is 0. The molecule has 2 fully saturated rings. The zero-order chi connectivity index (χ0) is 9.54. The second-order valence-corrected chi connectivity index (χ2v) is 5.96. The van der Waals surface area contributed by atoms with Crippen molar-refractivity contribution >= 4 is 0 Å². The van der Waals surface area contributed by atoms with Crippen LogP contribution < -0.4 is 0 Å². The smallest absolute Gasteiger partial charge is 0.0197 e. The Balaban J connectivity index is 1.64. The summed E-state index contributed by atoms with van der Waals surface area (Å²) >= 11 is 0. The Morgan fingerprint density at radius 2 is 1.71 bits per heavy atom. The zero-order valence-electron chi connectivity index (χ0n) is 9.28. The highest BCUT2D eigenvalue weighted by Gasteiger charge is 2.40. The van der Waals surface area contributed by atoms with E-state index in [2.05, 4.69) is 19.1 Å². The van der Waals surface area contributed by atoms with Gasteiger partial charge in [0.2, 0.25) is 0 Å². The van der Waals surface area contributed by atoms with E-state index in [4.69, 9.17) is 0 Å². The Kier molecular flexibility index (Phi) is 2.18. The number of allylic oxidation sites excluding steroid dienone is 2. The summed E-state index contributed by atoms with van der Waals surface area (Å²) in [5, 5.41) is 0. The average Bonchev–Trinajstić information content (AvgIpc) is 2.80. The van der Waals surface area contributed by atoms with Crippen LogP contribution >= 0.6 is 0 Å². The fourth-order valence-electron chi connectivity index (χ4n) is 4.08. The molecule has 0 aromatic carbocycles. The van der Waals surface area contributed by atoms with Crippen LogP contribution in [0, 0.1) is 29.6 Å². The molecule has 0 spiro atoms. The summed E-state index contributed by atoms with van der Waals surface area (Å²) in [6.45, 7) is 2.43. The molecule has 2 saturated carbocycles. The zero-order valence-corrected chi connectivity index (χ0v) is 9.28. The van der Waals surface area contributed by atoms with Crippen LogP contribution in [0.25, 0.3) is 0 Å². The molecule has 78 valence electrons. The van der Waals surface area contributed by atoms with Crippen LogP contribution in [0.15, 0.2) is 12.2 Å². The van der Waals surface area contributed by atoms with Gasteiger partial charge in [-0.15, -0.1) is 0 Å². The van der Waals surface area contributed by atoms with Crippen molar-refractivity contribution in [3.8, 4) is 0 Å². The van der Waals surface area contributed by atoms with Crippen molar-refractivity contribution in [3.63, 3.8) is 0 Å². The molecule has 0 aliphatic heterocycles. The molecule has 3 aliphatic carbocycles. The molecule has 0 heterocycles. The van der Waals surface area contributed by atoms with Crippen LogP contribution in [-0.2, 0) is 0 Å². The Morgan fingerprint density at radius 3 is 2.29 bits per heavy atom. The van der Waals surface area contributed by atoms with E-state index in [0.717, 1.165) is 29.6 Å². The quantitative estimate of drug-likeness (QED) is 0.548. The molecule has 3 aliphatic rings. The van der Waals surface area contributed by atoms with Crippen molar-refractivity contribution in [2.24, 2.45) is 29.6 Å². The predicted octanol–water partition coefficient (Wildman–Crippen LogP) is 4.02. The molecule has 3 rings (SSSR count). The maximum Gasteiger partial charge on any atom is -0.0197 e. The van der Waals surface area contributed by atoms with Gasteiger partial charge in [-0.05, 0) is 55.3 Å². The molecule has 0 aromatic rings. The SMILES string of the molecule is CC1CCC(C2CC3C=CC2C3)CC1. The molecule has 2 bridgehead atoms. The van der Waals surface area contributed by atoms with E-state index >= 15 is 0 Å². The normalized spacial score (nSPS) is 51.4. The van der Waals surface area contributed by atoms with Crippen molar-refractivity contribution in [2.75, 3.05) is 0 Å². The Hall–Kier alpha value is -0.260. The summed E-state index contributed by atoms with van der Waals surface area (Å²) in [7, 11) is 0. The molecular formula is C14H22. The third kappa shape index (κ3) is 1.43. The van der Waals surface area contributed by atoms with Gasteiger partial charge in [0.1, 0.15) is 0 Å². The van der Waals surface area contributed by atoms with E-state index in [1.54, 1.807) is 0 Å². The van der Waals surface area contributed by atoms with Crippen LogP contribution in [0.3, 0.4) is 0 Å². The van der Waals surface area contributed by atoms with E-state index in [0.29, 0.717) is 0 Å². The summed E-state index contributed by atoms with van der Waals surface area (Å²) in [6.07, 6.45) is 14.1. The Labute approximate surface area is 87.8 Å². The highest BCUT2D eigenvalue weighted by molar-refractivity contribution is 5.11. The molecule has 0 nitrogen and oxygen atoms in total. The van der Waals surface area contributed by atoms with Gasteiger partial charge < -0.3 is 0 Å². The van der Waals surface area contributed by atoms with E-state index in [1.165, 1.54) is 38.5 Å². The maximum absolute atomic E-state index is 2.52. The van der Waals surface area contributed by atoms with Gasteiger partial charge in [0.15, 0.2) is 0 Å². The largest absolute Gasteiger partial charge is 0.0851 e. The molecule has 0 aromatic heterocycles. The van der Waals surface area contributed by atoms with Crippen molar-refractivity contribution in [1.29, 1.82) is 0 Å². The number of hydrogen-bond donors (Lipinski definition) is 0. The van der Waals surface area contributed by atoms with Crippen molar-refractivity contribution in [2.45, 2.75) is 45.4 Å². The fourth-order valence-corrected chi connectivity index (χ4v) is 4.08. The monoisotopic (exact) mass is 190 g/mol. The van der Waals surface area contributed by atoms with E-state index in [-0.39, 0.29) is 0 Å². The number of hydrogen-bond acceptors (Lipinski definition) is 0. The molecule has 3 atom stereocenters. The van der Waals surface area contributed by atoms with E-state index in [1.807, 2.05) is 0 Å². The second-order valence-electron chi connectivity index (χ2n) is 5.96. The van der Waals surface area contributed by atoms with Crippen molar-refractivity contribution in [3.05, 3.63) is 12.2 Å². The van der Waals surface area contributed by atoms with Crippen LogP contribution in [0.5, 0.6) is 0 Å². The van der Waals surface area contributed by atoms with Crippen LogP contribution in [0.1, 0.15) is 45.4 Å². The van der Waals surface area contributed by atoms with E-state index < -0.39 is 0 Å². The number of fused-ring (bicyclic) bond motifs is 2. The summed E-state index contributed by atoms with van der Waals surface area (Å²) in [6, 6.07) is 0. The van der Waals surface area contributed by atoms with Crippen molar-refractivity contribution in [1.82, 2.24) is 0 Å². The third-order valence-electron chi connectivity index (χ3n) is 5.00. The second kappa shape index (κ2) is 3.40. The topological polar surface area (TPSA) is 0 Å². The highest BCUT2D eigenvalue weighted by Crippen LogP contribution is 2.50. The Morgan fingerprint density at radius 1 is 0.929 bits per heavy atom. The molecule has 0 amide bonds. The van der Waals surface area contributed by atoms with Gasteiger partial charge in [-0.2, -0.15) is 0 Å². The first-order valence-electron chi connectivity index (χ1n) is 6.51. The fraction of sp³-hybridized carbons (Fsp3) is 0.857. The minimum atomic E-state index is 0.976. The maximum atomic E-state index is 2.52. The number of rotatable bonds is 1. The molecule has 3 unspecified atom stereocenters. The average molecular weight is 190 g/mol. The molecule has 0 N–H and O–H groups in total. The first-order valence-corrected chi connectivity index (χ1v) is 6.51. The lowest BCUT2D eigenvalue weighted by atomic mass is 9.72. The molecule has 0 saturated heterocycles. The lowest BCUT2D eigenvalue weighted by Gasteiger charge is -2.33. The highest BCUT2D eigenvalue weighted by atomic mass is 14.4. The first-order chi connectivity index (χ1) is 6.83. The minimum Gasteiger partial charge on any atom is -0.0851 e. The van der Waals surface area contributed by atoms with Gasteiger partial charge in [0.05, 0.1) is 0 Å². The van der Waals surface area contributed by atoms with Gasteiger partial charge in [0, 0.05) is 0 Å². The van der Waals surface area contributed by atoms with Crippen LogP contribution in [0.4, 0.5) is 0 Å². The van der Waals surface area contributed by atoms with Gasteiger partial charge >= 0.3 is 0 Å². The minimum absolute atomic E-state index is 0.976. The van der Waals surface area contributed by atoms with Gasteiger partial charge in [-0.3, -0.25) is 0 Å². The van der Waals surface area contributed by atoms with Crippen LogP contribution in [-0.4, -0.2) is 0 Å². The van der Waals surface area contributed by atoms with E-state index in [9.17, 15) is 0 Å². The van der Waals surface area contributed by atoms with Crippen LogP contribution in [0.2, 0.25) is 0 Å². The standard InChI is InChI=1S/C14H22/c1-10-2-5-12(6-3-10)14-9-11-4-7-13(14)8-11/h4,7,10-14H,2-3,5-6,8-9H2,1H3. The van der Waals surface area contributed by atoms with Gasteiger partial charge in [-0.1, -0.05) is 31.9 Å². The Bertz CT molecular complexity index is 232. The van der Waals surface area contributed by atoms with Crippen molar-refractivity contribution < 1.29 is 0 Å². The third-order valence-corrected chi connectivity index (χ3v) is 5.00. The molecule has 0 radical (unpaired) electrons. The summed E-state index contributed by atoms with van der Waals surface area (Å²) in [5.74, 6) is 5.15. The lowest BCUT2D eigenvalue weighted by molar-refractivity contribution is 0.190. The molecular weight excluding hydrogens is 168 g/mol. The summed E-state index contributed by atoms with van der Waals surface area (Å²) in [4.78, 5) is 0. The van der Waals surface area contributed by atoms with Gasteiger partial charge in [0.25, 0.3) is 0 Å². The van der Waals surface area contributed by atoms with Gasteiger partial charge in [-0.25, -0.2) is 0 Å². The predicted molar refractivity (Wildman–Crippen MR) is 60.0 cm³/mol. The molecule has 0 heteroatoms. The lowest BCUT2D eigenvalue weighted by Crippen LogP contribution is -2.23. The molecule has 14 heavy (non-hydrogen) atoms. The summed E-state index contributed by atoms with van der Waals surface area (Å²) in [5.41, 5.74) is 0. The first kappa shape index (κ1) is 9.00.